The van der Waals surface area contributed by atoms with Gasteiger partial charge in [0.25, 0.3) is 0 Å². The summed E-state index contributed by atoms with van der Waals surface area (Å²) >= 11 is 0. The van der Waals surface area contributed by atoms with Crippen LogP contribution in [0.25, 0.3) is 0 Å². The van der Waals surface area contributed by atoms with Gasteiger partial charge in [0.15, 0.2) is 0 Å². The molecule has 0 aromatic heterocycles. The van der Waals surface area contributed by atoms with Gasteiger partial charge in [-0.3, -0.25) is 0 Å². The number of carboxylic acids is 1. The number of rotatable bonds is 2. The molecule has 0 aromatic carbocycles. The van der Waals surface area contributed by atoms with Gasteiger partial charge < -0.3 is 20.1 Å². The molecule has 148 valence electrons. The van der Waals surface area contributed by atoms with Crippen LogP contribution in [0.2, 0.25) is 0 Å². The molecule has 0 unspecified atom stereocenters. The molecule has 26 heavy (non-hydrogen) atoms. The average Bonchev–Trinajstić information content (AvgIpc) is 2.91. The van der Waals surface area contributed by atoms with Crippen molar-refractivity contribution in [2.45, 2.75) is 90.3 Å². The molecular weight excluding hydrogens is 328 g/mol. The van der Waals surface area contributed by atoms with Gasteiger partial charge in [0.05, 0.1) is 17.7 Å². The third-order valence-corrected chi connectivity index (χ3v) is 9.48. The number of fused-ring (bicyclic) bond motifs is 5. The lowest BCUT2D eigenvalue weighted by atomic mass is 9.42. The average molecular weight is 364 g/mol. The number of carboxylic acid groups (broad SMARTS) is 1. The summed E-state index contributed by atoms with van der Waals surface area (Å²) in [6.45, 7) is 7.10. The molecule has 0 heterocycles. The third-order valence-electron chi connectivity index (χ3n) is 9.48. The van der Waals surface area contributed by atoms with Crippen LogP contribution in [0, 0.1) is 40.4 Å². The Labute approximate surface area is 157 Å². The number of hydrogen-bond acceptors (Lipinski definition) is 4. The highest BCUT2D eigenvalue weighted by atomic mass is 16.4. The SMILES string of the molecule is CC(C)[C@H]1CC[C@H]2[C@@H]3CC[C@]4(O)C[C@@H](O)CC[C@]4(C(=O)[O-])[C@H]3CC[C@]12C. The van der Waals surface area contributed by atoms with Crippen molar-refractivity contribution in [2.24, 2.45) is 40.4 Å². The van der Waals surface area contributed by atoms with Crippen molar-refractivity contribution in [1.82, 2.24) is 0 Å². The van der Waals surface area contributed by atoms with E-state index in [1.807, 2.05) is 0 Å². The zero-order chi connectivity index (χ0) is 18.9. The number of aliphatic hydroxyl groups is 2. The standard InChI is InChI=1S/C22H36O4/c1-13(2)16-4-5-17-15-7-10-21(26)12-14(23)6-11-22(21,19(24)25)18(15)8-9-20(16,17)3/h13-18,23,26H,4-12H2,1-3H3,(H,24,25)/p-1/t14-,15-,16+,17-,18-,20+,21-,22+/m0/s1. The van der Waals surface area contributed by atoms with E-state index in [0.29, 0.717) is 42.4 Å². The van der Waals surface area contributed by atoms with Crippen molar-refractivity contribution < 1.29 is 20.1 Å². The maximum Gasteiger partial charge on any atom is 0.0783 e. The van der Waals surface area contributed by atoms with E-state index in [2.05, 4.69) is 20.8 Å². The molecule has 2 N–H and O–H groups in total. The fourth-order valence-corrected chi connectivity index (χ4v) is 8.44. The highest BCUT2D eigenvalue weighted by Gasteiger charge is 2.66. The largest absolute Gasteiger partial charge is 0.549 e. The van der Waals surface area contributed by atoms with Crippen LogP contribution in [0.3, 0.4) is 0 Å². The molecule has 4 aliphatic carbocycles. The highest BCUT2D eigenvalue weighted by molar-refractivity contribution is 5.75. The Morgan fingerprint density at radius 3 is 2.42 bits per heavy atom. The first-order valence-corrected chi connectivity index (χ1v) is 10.8. The Kier molecular flexibility index (Phi) is 4.28. The van der Waals surface area contributed by atoms with E-state index in [1.54, 1.807) is 0 Å². The summed E-state index contributed by atoms with van der Waals surface area (Å²) in [5.41, 5.74) is -2.15. The van der Waals surface area contributed by atoms with Crippen LogP contribution in [-0.2, 0) is 4.79 Å². The van der Waals surface area contributed by atoms with Crippen LogP contribution in [0.5, 0.6) is 0 Å². The second-order valence-corrected chi connectivity index (χ2v) is 10.6. The summed E-state index contributed by atoms with van der Waals surface area (Å²) in [6, 6.07) is 0. The predicted octanol–water partition coefficient (Wildman–Crippen LogP) is 2.51. The molecule has 0 bridgehead atoms. The molecule has 0 radical (unpaired) electrons. The van der Waals surface area contributed by atoms with Gasteiger partial charge in [0.2, 0.25) is 0 Å². The van der Waals surface area contributed by atoms with Crippen molar-refractivity contribution in [3.05, 3.63) is 0 Å². The molecule has 0 amide bonds. The molecule has 4 fully saturated rings. The molecule has 4 saturated carbocycles. The minimum absolute atomic E-state index is 0.00253. The first-order chi connectivity index (χ1) is 12.2. The summed E-state index contributed by atoms with van der Waals surface area (Å²) in [7, 11) is 0. The summed E-state index contributed by atoms with van der Waals surface area (Å²) in [4.78, 5) is 12.5. The van der Waals surface area contributed by atoms with Gasteiger partial charge in [-0.1, -0.05) is 20.8 Å². The van der Waals surface area contributed by atoms with Gasteiger partial charge in [-0.05, 0) is 86.4 Å². The van der Waals surface area contributed by atoms with Crippen LogP contribution in [-0.4, -0.2) is 27.9 Å². The third kappa shape index (κ3) is 2.24. The topological polar surface area (TPSA) is 80.6 Å². The Morgan fingerprint density at radius 2 is 1.77 bits per heavy atom. The second kappa shape index (κ2) is 5.94. The smallest absolute Gasteiger partial charge is 0.0783 e. The monoisotopic (exact) mass is 363 g/mol. The van der Waals surface area contributed by atoms with Crippen LogP contribution >= 0.6 is 0 Å². The summed E-state index contributed by atoms with van der Waals surface area (Å²) in [6.07, 6.45) is 6.24. The molecule has 4 aliphatic rings. The van der Waals surface area contributed by atoms with Gasteiger partial charge in [0.1, 0.15) is 0 Å². The van der Waals surface area contributed by atoms with Crippen molar-refractivity contribution in [3.63, 3.8) is 0 Å². The molecule has 4 nitrogen and oxygen atoms in total. The highest BCUT2D eigenvalue weighted by Crippen LogP contribution is 2.69. The van der Waals surface area contributed by atoms with Crippen molar-refractivity contribution in [3.8, 4) is 0 Å². The maximum atomic E-state index is 12.5. The van der Waals surface area contributed by atoms with Gasteiger partial charge in [-0.25, -0.2) is 0 Å². The van der Waals surface area contributed by atoms with Crippen LogP contribution in [0.1, 0.15) is 78.6 Å². The minimum atomic E-state index is -1.30. The quantitative estimate of drug-likeness (QED) is 0.790. The predicted molar refractivity (Wildman–Crippen MR) is 96.9 cm³/mol. The lowest BCUT2D eigenvalue weighted by Crippen LogP contribution is -2.69. The van der Waals surface area contributed by atoms with E-state index in [9.17, 15) is 20.1 Å². The first-order valence-electron chi connectivity index (χ1n) is 10.8. The minimum Gasteiger partial charge on any atom is -0.549 e. The van der Waals surface area contributed by atoms with Gasteiger partial charge in [0, 0.05) is 11.8 Å². The normalized spacial score (nSPS) is 53.7. The van der Waals surface area contributed by atoms with E-state index >= 15 is 0 Å². The Bertz CT molecular complexity index is 589. The summed E-state index contributed by atoms with van der Waals surface area (Å²) < 4.78 is 0. The fraction of sp³-hybridized carbons (Fsp3) is 0.955. The van der Waals surface area contributed by atoms with Crippen LogP contribution in [0.4, 0.5) is 0 Å². The summed E-state index contributed by atoms with van der Waals surface area (Å²) in [5, 5.41) is 34.0. The fourth-order valence-electron chi connectivity index (χ4n) is 8.44. The van der Waals surface area contributed by atoms with E-state index in [0.717, 1.165) is 25.2 Å². The number of aliphatic carboxylic acids is 1. The van der Waals surface area contributed by atoms with E-state index in [4.69, 9.17) is 0 Å². The molecule has 4 rings (SSSR count). The molecule has 4 heteroatoms. The van der Waals surface area contributed by atoms with Gasteiger partial charge in [-0.15, -0.1) is 0 Å². The Balaban J connectivity index is 1.71. The first kappa shape index (κ1) is 18.7. The molecule has 0 aliphatic heterocycles. The molecule has 0 spiro atoms. The van der Waals surface area contributed by atoms with Gasteiger partial charge >= 0.3 is 0 Å². The van der Waals surface area contributed by atoms with Gasteiger partial charge in [-0.2, -0.15) is 0 Å². The molecular formula is C22H35O4-. The van der Waals surface area contributed by atoms with E-state index in [-0.39, 0.29) is 12.3 Å². The molecule has 0 aromatic rings. The number of carbonyl (C=O) groups is 1. The maximum absolute atomic E-state index is 12.5. The number of hydrogen-bond donors (Lipinski definition) is 2. The van der Waals surface area contributed by atoms with Crippen molar-refractivity contribution >= 4 is 5.97 Å². The van der Waals surface area contributed by atoms with Crippen molar-refractivity contribution in [2.75, 3.05) is 0 Å². The molecule has 0 saturated heterocycles. The Hall–Kier alpha value is -0.610. The Morgan fingerprint density at radius 1 is 1.04 bits per heavy atom. The zero-order valence-electron chi connectivity index (χ0n) is 16.5. The lowest BCUT2D eigenvalue weighted by molar-refractivity contribution is -0.347. The van der Waals surface area contributed by atoms with Crippen LogP contribution in [0.15, 0.2) is 0 Å². The second-order valence-electron chi connectivity index (χ2n) is 10.6. The number of carbonyl (C=O) groups excluding carboxylic acids is 1. The van der Waals surface area contributed by atoms with E-state index in [1.165, 1.54) is 12.8 Å². The van der Waals surface area contributed by atoms with Crippen molar-refractivity contribution in [1.29, 1.82) is 0 Å². The number of aliphatic hydroxyl groups excluding tert-OH is 1. The lowest BCUT2D eigenvalue weighted by Gasteiger charge is -2.65. The molecule has 8 atom stereocenters. The van der Waals surface area contributed by atoms with E-state index < -0.39 is 23.1 Å². The van der Waals surface area contributed by atoms with Crippen LogP contribution < -0.4 is 5.11 Å². The zero-order valence-corrected chi connectivity index (χ0v) is 16.5. The summed E-state index contributed by atoms with van der Waals surface area (Å²) in [5.74, 6) is 1.28.